The fourth-order valence-electron chi connectivity index (χ4n) is 2.53. The van der Waals surface area contributed by atoms with E-state index in [1.807, 2.05) is 31.9 Å². The van der Waals surface area contributed by atoms with Gasteiger partial charge in [-0.1, -0.05) is 5.16 Å². The van der Waals surface area contributed by atoms with Gasteiger partial charge < -0.3 is 20.6 Å². The Bertz CT molecular complexity index is 529. The first-order valence-electron chi connectivity index (χ1n) is 7.36. The summed E-state index contributed by atoms with van der Waals surface area (Å²) in [5.74, 6) is 0.849. The van der Waals surface area contributed by atoms with Crippen LogP contribution in [0.5, 0.6) is 0 Å². The molecule has 0 bridgehead atoms. The molecule has 1 aromatic rings. The minimum absolute atomic E-state index is 0.101. The van der Waals surface area contributed by atoms with Crippen molar-refractivity contribution in [3.8, 4) is 0 Å². The number of pyridine rings is 1. The molecule has 3 N–H and O–H groups in total. The van der Waals surface area contributed by atoms with E-state index in [2.05, 4.69) is 5.16 Å². The largest absolute Gasteiger partial charge is 0.409 e. The van der Waals surface area contributed by atoms with Crippen LogP contribution in [-0.2, 0) is 17.6 Å². The number of fused-ring (bicyclic) bond motifs is 1. The Hall–Kier alpha value is -1.82. The maximum absolute atomic E-state index is 8.98. The Kier molecular flexibility index (Phi) is 5.01. The fourth-order valence-corrected chi connectivity index (χ4v) is 2.53. The molecule has 1 heterocycles. The number of amidine groups is 1. The Morgan fingerprint density at radius 1 is 1.52 bits per heavy atom. The zero-order chi connectivity index (χ0) is 15.4. The molecule has 21 heavy (non-hydrogen) atoms. The number of ether oxygens (including phenoxy) is 1. The number of anilines is 1. The Morgan fingerprint density at radius 2 is 2.29 bits per heavy atom. The lowest BCUT2D eigenvalue weighted by atomic mass is 10.1. The molecule has 0 fully saturated rings. The van der Waals surface area contributed by atoms with Crippen LogP contribution in [0.3, 0.4) is 0 Å². The van der Waals surface area contributed by atoms with Crippen molar-refractivity contribution in [3.05, 3.63) is 22.9 Å². The van der Waals surface area contributed by atoms with Crippen molar-refractivity contribution < 1.29 is 9.94 Å². The lowest BCUT2D eigenvalue weighted by Crippen LogP contribution is -2.28. The normalized spacial score (nSPS) is 14.6. The number of aromatic nitrogens is 1. The van der Waals surface area contributed by atoms with Gasteiger partial charge in [0.05, 0.1) is 18.3 Å². The number of rotatable bonds is 6. The molecular weight excluding hydrogens is 268 g/mol. The number of likely N-dealkylation sites (N-methyl/N-ethyl adjacent to an activating group) is 1. The lowest BCUT2D eigenvalue weighted by Gasteiger charge is -2.22. The van der Waals surface area contributed by atoms with E-state index in [1.165, 1.54) is 5.56 Å². The van der Waals surface area contributed by atoms with Crippen LogP contribution in [0.2, 0.25) is 0 Å². The van der Waals surface area contributed by atoms with Gasteiger partial charge in [-0.2, -0.15) is 0 Å². The molecule has 0 amide bonds. The molecule has 1 aliphatic carbocycles. The molecule has 0 unspecified atom stereocenters. The van der Waals surface area contributed by atoms with Crippen LogP contribution in [0.25, 0.3) is 0 Å². The van der Waals surface area contributed by atoms with Crippen LogP contribution in [0.15, 0.2) is 11.2 Å². The van der Waals surface area contributed by atoms with Crippen molar-refractivity contribution in [3.63, 3.8) is 0 Å². The van der Waals surface area contributed by atoms with Gasteiger partial charge in [-0.25, -0.2) is 4.98 Å². The molecule has 0 atom stereocenters. The summed E-state index contributed by atoms with van der Waals surface area (Å²) in [5.41, 5.74) is 8.81. The molecule has 0 aromatic carbocycles. The zero-order valence-corrected chi connectivity index (χ0v) is 13.0. The molecule has 2 rings (SSSR count). The molecule has 1 aromatic heterocycles. The van der Waals surface area contributed by atoms with Crippen molar-refractivity contribution in [2.24, 2.45) is 10.9 Å². The van der Waals surface area contributed by atoms with Crippen molar-refractivity contribution >= 4 is 11.7 Å². The highest BCUT2D eigenvalue weighted by molar-refractivity contribution is 6.01. The van der Waals surface area contributed by atoms with Crippen molar-refractivity contribution in [2.45, 2.75) is 39.2 Å². The fraction of sp³-hybridized carbons (Fsp3) is 0.600. The molecule has 0 saturated heterocycles. The van der Waals surface area contributed by atoms with Crippen LogP contribution in [0.1, 0.15) is 37.1 Å². The van der Waals surface area contributed by atoms with Crippen molar-refractivity contribution in [1.82, 2.24) is 4.98 Å². The molecule has 0 saturated carbocycles. The summed E-state index contributed by atoms with van der Waals surface area (Å²) in [4.78, 5) is 6.71. The van der Waals surface area contributed by atoms with Crippen LogP contribution >= 0.6 is 0 Å². The van der Waals surface area contributed by atoms with Gasteiger partial charge in [0.1, 0.15) is 5.82 Å². The maximum Gasteiger partial charge on any atom is 0.173 e. The minimum atomic E-state index is 0.101. The highest BCUT2D eigenvalue weighted by Gasteiger charge is 2.20. The van der Waals surface area contributed by atoms with E-state index in [4.69, 9.17) is 20.7 Å². The van der Waals surface area contributed by atoms with Crippen LogP contribution in [-0.4, -0.2) is 42.3 Å². The number of oxime groups is 1. The zero-order valence-electron chi connectivity index (χ0n) is 13.0. The molecule has 0 radical (unpaired) electrons. The number of aryl methyl sites for hydroxylation is 2. The van der Waals surface area contributed by atoms with Gasteiger partial charge in [0, 0.05) is 19.3 Å². The van der Waals surface area contributed by atoms with Crippen molar-refractivity contribution in [2.75, 3.05) is 25.1 Å². The van der Waals surface area contributed by atoms with E-state index in [0.29, 0.717) is 18.7 Å². The number of hydrogen-bond donors (Lipinski definition) is 2. The number of hydrogen-bond acceptors (Lipinski definition) is 5. The summed E-state index contributed by atoms with van der Waals surface area (Å²) in [6, 6.07) is 2.00. The molecular formula is C15H24N4O2. The molecule has 6 heteroatoms. The Labute approximate surface area is 125 Å². The third-order valence-electron chi connectivity index (χ3n) is 3.65. The van der Waals surface area contributed by atoms with Gasteiger partial charge in [0.15, 0.2) is 5.84 Å². The SMILES string of the molecule is CC(C)OCCN(C)c1nc2c(cc1C(N)=NO)CCC2. The summed E-state index contributed by atoms with van der Waals surface area (Å²) in [5, 5.41) is 12.1. The lowest BCUT2D eigenvalue weighted by molar-refractivity contribution is 0.0845. The van der Waals surface area contributed by atoms with E-state index in [9.17, 15) is 0 Å². The average Bonchev–Trinajstić information content (AvgIpc) is 2.91. The minimum Gasteiger partial charge on any atom is -0.409 e. The second-order valence-electron chi connectivity index (χ2n) is 5.65. The monoisotopic (exact) mass is 292 g/mol. The smallest absolute Gasteiger partial charge is 0.173 e. The predicted molar refractivity (Wildman–Crippen MR) is 83.1 cm³/mol. The van der Waals surface area contributed by atoms with Gasteiger partial charge in [-0.3, -0.25) is 0 Å². The third kappa shape index (κ3) is 3.64. The summed E-state index contributed by atoms with van der Waals surface area (Å²) in [7, 11) is 1.95. The summed E-state index contributed by atoms with van der Waals surface area (Å²) in [6.07, 6.45) is 3.32. The summed E-state index contributed by atoms with van der Waals surface area (Å²) in [6.45, 7) is 5.34. The van der Waals surface area contributed by atoms with Crippen LogP contribution in [0.4, 0.5) is 5.82 Å². The summed E-state index contributed by atoms with van der Waals surface area (Å²) < 4.78 is 5.57. The van der Waals surface area contributed by atoms with Gasteiger partial charge in [-0.15, -0.1) is 0 Å². The van der Waals surface area contributed by atoms with Gasteiger partial charge in [0.25, 0.3) is 0 Å². The second kappa shape index (κ2) is 6.76. The standard InChI is InChI=1S/C15H24N4O2/c1-10(2)21-8-7-19(3)15-12(14(16)18-20)9-11-5-4-6-13(11)17-15/h9-10,20H,4-8H2,1-3H3,(H2,16,18). The molecule has 0 aliphatic heterocycles. The molecule has 0 spiro atoms. The van der Waals surface area contributed by atoms with Gasteiger partial charge >= 0.3 is 0 Å². The highest BCUT2D eigenvalue weighted by Crippen LogP contribution is 2.26. The van der Waals surface area contributed by atoms with E-state index >= 15 is 0 Å². The van der Waals surface area contributed by atoms with Crippen LogP contribution in [0, 0.1) is 0 Å². The first-order chi connectivity index (χ1) is 10.0. The third-order valence-corrected chi connectivity index (χ3v) is 3.65. The maximum atomic E-state index is 8.98. The van der Waals surface area contributed by atoms with E-state index in [0.717, 1.165) is 30.8 Å². The molecule has 116 valence electrons. The molecule has 1 aliphatic rings. The topological polar surface area (TPSA) is 84.0 Å². The Balaban J connectivity index is 2.24. The highest BCUT2D eigenvalue weighted by atomic mass is 16.5. The Morgan fingerprint density at radius 3 is 2.95 bits per heavy atom. The molecule has 6 nitrogen and oxygen atoms in total. The number of nitrogens with two attached hydrogens (primary N) is 1. The van der Waals surface area contributed by atoms with Crippen LogP contribution < -0.4 is 10.6 Å². The second-order valence-corrected chi connectivity index (χ2v) is 5.65. The van der Waals surface area contributed by atoms with E-state index < -0.39 is 0 Å². The van der Waals surface area contributed by atoms with E-state index in [1.54, 1.807) is 0 Å². The average molecular weight is 292 g/mol. The quantitative estimate of drug-likeness (QED) is 0.359. The predicted octanol–water partition coefficient (Wildman–Crippen LogP) is 1.53. The first-order valence-corrected chi connectivity index (χ1v) is 7.36. The van der Waals surface area contributed by atoms with Crippen molar-refractivity contribution in [1.29, 1.82) is 0 Å². The number of nitrogens with zero attached hydrogens (tertiary/aromatic N) is 3. The van der Waals surface area contributed by atoms with E-state index in [-0.39, 0.29) is 11.9 Å². The summed E-state index contributed by atoms with van der Waals surface area (Å²) >= 11 is 0. The van der Waals surface area contributed by atoms with Gasteiger partial charge in [-0.05, 0) is 44.7 Å². The van der Waals surface area contributed by atoms with Gasteiger partial charge in [0.2, 0.25) is 0 Å². The first kappa shape index (κ1) is 15.6.